The molecule has 2 heterocycles. The van der Waals surface area contributed by atoms with Crippen molar-refractivity contribution in [2.24, 2.45) is 0 Å². The number of hydrogen-bond donors (Lipinski definition) is 2. The van der Waals surface area contributed by atoms with E-state index in [4.69, 9.17) is 9.63 Å². The normalized spacial score (nSPS) is 11.1. The number of fused-ring (bicyclic) bond motifs is 1. The van der Waals surface area contributed by atoms with E-state index in [0.717, 1.165) is 22.2 Å². The molecule has 3 aromatic rings. The maximum Gasteiger partial charge on any atom is 0.303 e. The van der Waals surface area contributed by atoms with E-state index in [9.17, 15) is 9.59 Å². The van der Waals surface area contributed by atoms with Crippen LogP contribution in [0, 0.1) is 6.92 Å². The van der Waals surface area contributed by atoms with E-state index in [-0.39, 0.29) is 18.6 Å². The minimum Gasteiger partial charge on any atom is -0.481 e. The minimum absolute atomic E-state index is 0.0457. The van der Waals surface area contributed by atoms with Gasteiger partial charge in [0.15, 0.2) is 5.78 Å². The van der Waals surface area contributed by atoms with Crippen molar-refractivity contribution >= 4 is 22.7 Å². The van der Waals surface area contributed by atoms with Crippen LogP contribution in [-0.4, -0.2) is 27.0 Å². The van der Waals surface area contributed by atoms with Crippen LogP contribution in [0.15, 0.2) is 28.8 Å². The van der Waals surface area contributed by atoms with Crippen molar-refractivity contribution < 1.29 is 19.2 Å². The molecule has 0 atom stereocenters. The largest absolute Gasteiger partial charge is 0.481 e. The van der Waals surface area contributed by atoms with Crippen molar-refractivity contribution in [2.45, 2.75) is 33.1 Å². The molecule has 124 valence electrons. The zero-order chi connectivity index (χ0) is 17.3. The number of nitrogens with zero attached hydrogens (tertiary/aromatic N) is 1. The Morgan fingerprint density at radius 2 is 2.00 bits per heavy atom. The SMILES string of the molecule is CCc1noc(C)c1-c1[nH]c2ccccc2c1C(=O)CCC(=O)O. The third-order valence-corrected chi connectivity index (χ3v) is 4.07. The summed E-state index contributed by atoms with van der Waals surface area (Å²) in [4.78, 5) is 26.8. The fraction of sp³-hybridized carbons (Fsp3) is 0.278. The predicted molar refractivity (Wildman–Crippen MR) is 89.1 cm³/mol. The topological polar surface area (TPSA) is 96.2 Å². The Bertz CT molecular complexity index is 920. The van der Waals surface area contributed by atoms with E-state index >= 15 is 0 Å². The number of carboxylic acids is 1. The molecule has 2 N–H and O–H groups in total. The molecular weight excluding hydrogens is 308 g/mol. The Kier molecular flexibility index (Phi) is 4.20. The van der Waals surface area contributed by atoms with Gasteiger partial charge in [0.1, 0.15) is 5.76 Å². The molecule has 0 aliphatic carbocycles. The second kappa shape index (κ2) is 6.31. The van der Waals surface area contributed by atoms with Gasteiger partial charge < -0.3 is 14.6 Å². The number of hydrogen-bond acceptors (Lipinski definition) is 4. The molecule has 6 nitrogen and oxygen atoms in total. The highest BCUT2D eigenvalue weighted by molar-refractivity contribution is 6.14. The lowest BCUT2D eigenvalue weighted by atomic mass is 9.97. The number of aryl methyl sites for hydroxylation is 2. The van der Waals surface area contributed by atoms with Crippen LogP contribution in [0.2, 0.25) is 0 Å². The molecule has 0 spiro atoms. The second-order valence-electron chi connectivity index (χ2n) is 5.65. The molecule has 0 bridgehead atoms. The molecule has 2 aromatic heterocycles. The van der Waals surface area contributed by atoms with Gasteiger partial charge in [0.2, 0.25) is 0 Å². The number of nitrogens with one attached hydrogen (secondary N) is 1. The van der Waals surface area contributed by atoms with Crippen molar-refractivity contribution in [3.05, 3.63) is 41.3 Å². The van der Waals surface area contributed by atoms with Crippen molar-refractivity contribution in [3.63, 3.8) is 0 Å². The van der Waals surface area contributed by atoms with Crippen LogP contribution in [-0.2, 0) is 11.2 Å². The van der Waals surface area contributed by atoms with Gasteiger partial charge in [-0.15, -0.1) is 0 Å². The summed E-state index contributed by atoms with van der Waals surface area (Å²) in [6, 6.07) is 7.49. The van der Waals surface area contributed by atoms with Gasteiger partial charge in [0.05, 0.1) is 28.9 Å². The van der Waals surface area contributed by atoms with E-state index in [1.54, 1.807) is 6.92 Å². The third-order valence-electron chi connectivity index (χ3n) is 4.07. The first-order valence-corrected chi connectivity index (χ1v) is 7.84. The van der Waals surface area contributed by atoms with Gasteiger partial charge in [-0.05, 0) is 19.4 Å². The van der Waals surface area contributed by atoms with Crippen LogP contribution >= 0.6 is 0 Å². The van der Waals surface area contributed by atoms with Gasteiger partial charge in [0, 0.05) is 17.3 Å². The number of para-hydroxylation sites is 1. The first-order valence-electron chi connectivity index (χ1n) is 7.84. The maximum absolute atomic E-state index is 12.7. The van der Waals surface area contributed by atoms with E-state index in [2.05, 4.69) is 10.1 Å². The molecule has 6 heteroatoms. The monoisotopic (exact) mass is 326 g/mol. The first kappa shape index (κ1) is 16.0. The van der Waals surface area contributed by atoms with Gasteiger partial charge in [-0.25, -0.2) is 0 Å². The van der Waals surface area contributed by atoms with Gasteiger partial charge >= 0.3 is 5.97 Å². The minimum atomic E-state index is -0.986. The number of benzene rings is 1. The van der Waals surface area contributed by atoms with Gasteiger partial charge in [-0.2, -0.15) is 0 Å². The van der Waals surface area contributed by atoms with Gasteiger partial charge in [-0.3, -0.25) is 9.59 Å². The number of carbonyl (C=O) groups excluding carboxylic acids is 1. The molecule has 0 radical (unpaired) electrons. The molecule has 0 unspecified atom stereocenters. The first-order chi connectivity index (χ1) is 11.5. The summed E-state index contributed by atoms with van der Waals surface area (Å²) in [5.74, 6) is -0.557. The Morgan fingerprint density at radius 3 is 2.71 bits per heavy atom. The zero-order valence-corrected chi connectivity index (χ0v) is 13.5. The van der Waals surface area contributed by atoms with Gasteiger partial charge in [-0.1, -0.05) is 30.3 Å². The van der Waals surface area contributed by atoms with Crippen LogP contribution in [0.1, 0.15) is 41.6 Å². The highest BCUT2D eigenvalue weighted by Gasteiger charge is 2.24. The second-order valence-corrected chi connectivity index (χ2v) is 5.65. The molecule has 0 saturated carbocycles. The zero-order valence-electron chi connectivity index (χ0n) is 13.5. The number of H-pyrrole nitrogens is 1. The summed E-state index contributed by atoms with van der Waals surface area (Å²) in [6.45, 7) is 3.77. The number of aromatic amines is 1. The Balaban J connectivity index is 2.20. The van der Waals surface area contributed by atoms with E-state index in [1.165, 1.54) is 0 Å². The van der Waals surface area contributed by atoms with Crippen LogP contribution in [0.5, 0.6) is 0 Å². The van der Waals surface area contributed by atoms with Gasteiger partial charge in [0.25, 0.3) is 0 Å². The summed E-state index contributed by atoms with van der Waals surface area (Å²) in [5.41, 5.74) is 3.54. The van der Waals surface area contributed by atoms with Crippen molar-refractivity contribution in [1.29, 1.82) is 0 Å². The lowest BCUT2D eigenvalue weighted by molar-refractivity contribution is -0.136. The average molecular weight is 326 g/mol. The number of carboxylic acid groups (broad SMARTS) is 1. The number of carbonyl (C=O) groups is 2. The molecule has 3 rings (SSSR count). The molecule has 0 amide bonds. The van der Waals surface area contributed by atoms with E-state index < -0.39 is 5.97 Å². The van der Waals surface area contributed by atoms with Crippen molar-refractivity contribution in [2.75, 3.05) is 0 Å². The van der Waals surface area contributed by atoms with Crippen molar-refractivity contribution in [3.8, 4) is 11.3 Å². The number of aliphatic carboxylic acids is 1. The summed E-state index contributed by atoms with van der Waals surface area (Å²) in [7, 11) is 0. The summed E-state index contributed by atoms with van der Waals surface area (Å²) in [5, 5.41) is 13.7. The van der Waals surface area contributed by atoms with Crippen LogP contribution < -0.4 is 0 Å². The average Bonchev–Trinajstić information content (AvgIpc) is 3.12. The van der Waals surface area contributed by atoms with Crippen LogP contribution in [0.4, 0.5) is 0 Å². The molecule has 0 fully saturated rings. The number of aromatic nitrogens is 2. The van der Waals surface area contributed by atoms with E-state index in [1.807, 2.05) is 31.2 Å². The molecule has 24 heavy (non-hydrogen) atoms. The number of Topliss-reactive ketones (excluding diaryl/α,β-unsaturated/α-hetero) is 1. The molecular formula is C18H18N2O4. The van der Waals surface area contributed by atoms with Crippen LogP contribution in [0.25, 0.3) is 22.2 Å². The Hall–Kier alpha value is -2.89. The summed E-state index contributed by atoms with van der Waals surface area (Å²) >= 11 is 0. The predicted octanol–water partition coefficient (Wildman–Crippen LogP) is 3.74. The Morgan fingerprint density at radius 1 is 1.25 bits per heavy atom. The highest BCUT2D eigenvalue weighted by Crippen LogP contribution is 2.35. The van der Waals surface area contributed by atoms with Crippen LogP contribution in [0.3, 0.4) is 0 Å². The summed E-state index contributed by atoms with van der Waals surface area (Å²) < 4.78 is 5.29. The standard InChI is InChI=1S/C18H18N2O4/c1-3-12-16(10(2)24-20-12)18-17(14(21)8-9-15(22)23)11-6-4-5-7-13(11)19-18/h4-7,19H,3,8-9H2,1-2H3,(H,22,23). The maximum atomic E-state index is 12.7. The third kappa shape index (κ3) is 2.71. The molecule has 1 aromatic carbocycles. The Labute approximate surface area is 138 Å². The number of rotatable bonds is 6. The fourth-order valence-electron chi connectivity index (χ4n) is 2.94. The fourth-order valence-corrected chi connectivity index (χ4v) is 2.94. The quantitative estimate of drug-likeness (QED) is 0.673. The molecule has 0 saturated heterocycles. The highest BCUT2D eigenvalue weighted by atomic mass is 16.5. The van der Waals surface area contributed by atoms with Crippen molar-refractivity contribution in [1.82, 2.24) is 10.1 Å². The lowest BCUT2D eigenvalue weighted by Crippen LogP contribution is -2.05. The molecule has 0 aliphatic rings. The van der Waals surface area contributed by atoms with E-state index in [0.29, 0.717) is 23.4 Å². The number of ketones is 1. The molecule has 0 aliphatic heterocycles. The smallest absolute Gasteiger partial charge is 0.303 e. The lowest BCUT2D eigenvalue weighted by Gasteiger charge is -2.04. The summed E-state index contributed by atoms with van der Waals surface area (Å²) in [6.07, 6.45) is 0.432.